The Hall–Kier alpha value is -4.33. The molecule has 0 aliphatic carbocycles. The molecule has 0 aliphatic heterocycles. The molecule has 0 unspecified atom stereocenters. The van der Waals surface area contributed by atoms with Crippen LogP contribution >= 0.6 is 0 Å². The van der Waals surface area contributed by atoms with Gasteiger partial charge in [0.15, 0.2) is 0 Å². The summed E-state index contributed by atoms with van der Waals surface area (Å²) in [6, 6.07) is 17.0. The fourth-order valence-corrected chi connectivity index (χ4v) is 3.80. The van der Waals surface area contributed by atoms with E-state index >= 15 is 0 Å². The Morgan fingerprint density at radius 3 is 2.82 bits per heavy atom. The maximum absolute atomic E-state index is 13.5. The third-order valence-corrected chi connectivity index (χ3v) is 5.50. The van der Waals surface area contributed by atoms with E-state index in [1.807, 2.05) is 19.1 Å². The van der Waals surface area contributed by atoms with E-state index in [1.165, 1.54) is 23.0 Å². The molecule has 164 valence electrons. The van der Waals surface area contributed by atoms with Crippen LogP contribution in [0.1, 0.15) is 12.0 Å². The lowest BCUT2D eigenvalue weighted by Gasteiger charge is -2.08. The van der Waals surface area contributed by atoms with Gasteiger partial charge in [-0.1, -0.05) is 24.3 Å². The van der Waals surface area contributed by atoms with E-state index in [9.17, 15) is 14.0 Å². The van der Waals surface area contributed by atoms with Crippen molar-refractivity contribution in [1.82, 2.24) is 19.5 Å². The molecule has 2 aromatic heterocycles. The maximum atomic E-state index is 13.5. The summed E-state index contributed by atoms with van der Waals surface area (Å²) in [6.07, 6.45) is 1.60. The second-order valence-corrected chi connectivity index (χ2v) is 7.84. The number of carbonyl (C=O) groups is 1. The molecule has 2 heterocycles. The first-order valence-corrected chi connectivity index (χ1v) is 10.5. The minimum absolute atomic E-state index is 0.120. The summed E-state index contributed by atoms with van der Waals surface area (Å²) in [6.45, 7) is 2.13. The number of hydrogen-bond acceptors (Lipinski definition) is 4. The van der Waals surface area contributed by atoms with Gasteiger partial charge in [0.2, 0.25) is 5.91 Å². The Kier molecular flexibility index (Phi) is 5.18. The highest BCUT2D eigenvalue weighted by Gasteiger charge is 2.10. The molecule has 0 fully saturated rings. The normalized spacial score (nSPS) is 11.2. The number of aromatic nitrogens is 4. The lowest BCUT2D eigenvalue weighted by molar-refractivity contribution is -0.116. The molecule has 0 aliphatic rings. The number of anilines is 1. The molecule has 33 heavy (non-hydrogen) atoms. The molecule has 3 aromatic carbocycles. The number of carbonyl (C=O) groups excluding carboxylic acids is 1. The van der Waals surface area contributed by atoms with Crippen molar-refractivity contribution in [2.45, 2.75) is 19.9 Å². The molecule has 0 bridgehead atoms. The minimum Gasteiger partial charge on any atom is -0.338 e. The molecule has 5 rings (SSSR count). The van der Waals surface area contributed by atoms with Crippen LogP contribution in [-0.4, -0.2) is 25.4 Å². The second-order valence-electron chi connectivity index (χ2n) is 7.84. The summed E-state index contributed by atoms with van der Waals surface area (Å²) in [5, 5.41) is 3.38. The van der Waals surface area contributed by atoms with Gasteiger partial charge in [-0.3, -0.25) is 14.2 Å². The van der Waals surface area contributed by atoms with Crippen LogP contribution < -0.4 is 10.9 Å². The lowest BCUT2D eigenvalue weighted by Crippen LogP contribution is -2.23. The molecule has 2 N–H and O–H groups in total. The Morgan fingerprint density at radius 2 is 1.97 bits per heavy atom. The van der Waals surface area contributed by atoms with Crippen molar-refractivity contribution >= 4 is 33.5 Å². The van der Waals surface area contributed by atoms with E-state index in [0.717, 1.165) is 11.1 Å². The van der Waals surface area contributed by atoms with Gasteiger partial charge in [-0.25, -0.2) is 14.4 Å². The smallest absolute Gasteiger partial charge is 0.261 e. The summed E-state index contributed by atoms with van der Waals surface area (Å²) >= 11 is 0. The van der Waals surface area contributed by atoms with E-state index in [0.29, 0.717) is 33.5 Å². The van der Waals surface area contributed by atoms with Gasteiger partial charge in [-0.15, -0.1) is 0 Å². The summed E-state index contributed by atoms with van der Waals surface area (Å²) in [5.41, 5.74) is 4.11. The first kappa shape index (κ1) is 20.6. The van der Waals surface area contributed by atoms with Gasteiger partial charge in [0, 0.05) is 24.2 Å². The highest BCUT2D eigenvalue weighted by molar-refractivity contribution is 5.93. The van der Waals surface area contributed by atoms with Crippen LogP contribution in [0.5, 0.6) is 0 Å². The largest absolute Gasteiger partial charge is 0.338 e. The standard InChI is InChI=1S/C25H20FN5O2/c1-15-4-2-7-19-23(15)27-14-31(25(19)33)11-10-22(32)28-18-8-9-20-21(13-18)30-24(29-20)16-5-3-6-17(26)12-16/h2-9,12-14H,10-11H2,1H3,(H,28,32)(H,29,30). The van der Waals surface area contributed by atoms with Crippen LogP contribution in [0.15, 0.2) is 71.8 Å². The van der Waals surface area contributed by atoms with Crippen molar-refractivity contribution in [1.29, 1.82) is 0 Å². The van der Waals surface area contributed by atoms with E-state index in [1.54, 1.807) is 36.4 Å². The van der Waals surface area contributed by atoms with Gasteiger partial charge < -0.3 is 10.3 Å². The zero-order valence-corrected chi connectivity index (χ0v) is 17.8. The van der Waals surface area contributed by atoms with E-state index in [-0.39, 0.29) is 30.2 Å². The van der Waals surface area contributed by atoms with Crippen LogP contribution in [0.25, 0.3) is 33.3 Å². The number of hydrogen-bond donors (Lipinski definition) is 2. The molecule has 0 saturated heterocycles. The van der Waals surface area contributed by atoms with Gasteiger partial charge in [-0.05, 0) is 48.9 Å². The Balaban J connectivity index is 1.30. The maximum Gasteiger partial charge on any atom is 0.261 e. The number of H-pyrrole nitrogens is 1. The molecular formula is C25H20FN5O2. The van der Waals surface area contributed by atoms with E-state index in [4.69, 9.17) is 0 Å². The highest BCUT2D eigenvalue weighted by Crippen LogP contribution is 2.23. The molecule has 0 radical (unpaired) electrons. The third-order valence-electron chi connectivity index (χ3n) is 5.50. The van der Waals surface area contributed by atoms with Gasteiger partial charge in [0.1, 0.15) is 11.6 Å². The molecule has 0 atom stereocenters. The zero-order valence-electron chi connectivity index (χ0n) is 17.8. The van der Waals surface area contributed by atoms with Crippen LogP contribution in [0, 0.1) is 12.7 Å². The minimum atomic E-state index is -0.336. The van der Waals surface area contributed by atoms with Crippen LogP contribution in [0.3, 0.4) is 0 Å². The number of rotatable bonds is 5. The van der Waals surface area contributed by atoms with Crippen LogP contribution in [0.4, 0.5) is 10.1 Å². The van der Waals surface area contributed by atoms with Crippen molar-refractivity contribution in [3.05, 3.63) is 88.7 Å². The van der Waals surface area contributed by atoms with E-state index < -0.39 is 0 Å². The monoisotopic (exact) mass is 441 g/mol. The summed E-state index contributed by atoms with van der Waals surface area (Å²) in [5.74, 6) is -0.0152. The lowest BCUT2D eigenvalue weighted by atomic mass is 10.1. The number of nitrogens with zero attached hydrogens (tertiary/aromatic N) is 3. The Labute approximate surface area is 187 Å². The number of halogens is 1. The van der Waals surface area contributed by atoms with Crippen LogP contribution in [0.2, 0.25) is 0 Å². The van der Waals surface area contributed by atoms with Crippen molar-refractivity contribution in [3.8, 4) is 11.4 Å². The number of nitrogens with one attached hydrogen (secondary N) is 2. The molecule has 5 aromatic rings. The van der Waals surface area contributed by atoms with Crippen molar-refractivity contribution in [2.75, 3.05) is 5.32 Å². The molecule has 0 spiro atoms. The van der Waals surface area contributed by atoms with Crippen LogP contribution in [-0.2, 0) is 11.3 Å². The number of para-hydroxylation sites is 1. The molecule has 0 saturated carbocycles. The second kappa shape index (κ2) is 8.31. The van der Waals surface area contributed by atoms with Crippen molar-refractivity contribution < 1.29 is 9.18 Å². The first-order chi connectivity index (χ1) is 16.0. The first-order valence-electron chi connectivity index (χ1n) is 10.5. The summed E-state index contributed by atoms with van der Waals surface area (Å²) in [7, 11) is 0. The predicted octanol–water partition coefficient (Wildman–Crippen LogP) is 4.42. The quantitative estimate of drug-likeness (QED) is 0.422. The fourth-order valence-electron chi connectivity index (χ4n) is 3.80. The average Bonchev–Trinajstić information content (AvgIpc) is 3.23. The molecule has 1 amide bonds. The molecule has 8 heteroatoms. The number of aromatic amines is 1. The number of aryl methyl sites for hydroxylation is 2. The van der Waals surface area contributed by atoms with Gasteiger partial charge >= 0.3 is 0 Å². The molecular weight excluding hydrogens is 421 g/mol. The topological polar surface area (TPSA) is 92.7 Å². The fraction of sp³-hybridized carbons (Fsp3) is 0.120. The summed E-state index contributed by atoms with van der Waals surface area (Å²) in [4.78, 5) is 37.2. The third kappa shape index (κ3) is 4.10. The van der Waals surface area contributed by atoms with Gasteiger partial charge in [-0.2, -0.15) is 0 Å². The average molecular weight is 441 g/mol. The van der Waals surface area contributed by atoms with Crippen molar-refractivity contribution in [2.24, 2.45) is 0 Å². The number of fused-ring (bicyclic) bond motifs is 2. The van der Waals surface area contributed by atoms with Crippen molar-refractivity contribution in [3.63, 3.8) is 0 Å². The number of imidazole rings is 1. The Morgan fingerprint density at radius 1 is 1.12 bits per heavy atom. The van der Waals surface area contributed by atoms with E-state index in [2.05, 4.69) is 20.3 Å². The van der Waals surface area contributed by atoms with Gasteiger partial charge in [0.25, 0.3) is 5.56 Å². The summed E-state index contributed by atoms with van der Waals surface area (Å²) < 4.78 is 15.0. The number of benzene rings is 3. The Bertz CT molecular complexity index is 1570. The highest BCUT2D eigenvalue weighted by atomic mass is 19.1. The zero-order chi connectivity index (χ0) is 22.9. The SMILES string of the molecule is Cc1cccc2c(=O)n(CCC(=O)Nc3ccc4nc(-c5cccc(F)c5)[nH]c4c3)cnc12. The molecule has 7 nitrogen and oxygen atoms in total. The van der Waals surface area contributed by atoms with Gasteiger partial charge in [0.05, 0.1) is 28.3 Å². The predicted molar refractivity (Wildman–Crippen MR) is 125 cm³/mol. The number of amides is 1.